The molecule has 4 rings (SSSR count). The molecule has 2 aromatic rings. The number of aromatic nitrogens is 3. The molecule has 0 bridgehead atoms. The van der Waals surface area contributed by atoms with Crippen LogP contribution in [0.3, 0.4) is 0 Å². The quantitative estimate of drug-likeness (QED) is 0.394. The van der Waals surface area contributed by atoms with Crippen LogP contribution >= 0.6 is 34.9 Å². The average Bonchev–Trinajstić information content (AvgIpc) is 3.41. The minimum atomic E-state index is -1.48. The Morgan fingerprint density at radius 1 is 1.45 bits per heavy atom. The Bertz CT molecular complexity index is 1080. The zero-order chi connectivity index (χ0) is 22.1. The average molecular weight is 500 g/mol. The van der Waals surface area contributed by atoms with Crippen LogP contribution in [0.15, 0.2) is 44.5 Å². The third-order valence-electron chi connectivity index (χ3n) is 4.59. The summed E-state index contributed by atoms with van der Waals surface area (Å²) in [5.74, 6) is -1.65. The van der Waals surface area contributed by atoms with Crippen molar-refractivity contribution in [2.24, 2.45) is 7.05 Å². The number of carboxylic acid groups (broad SMARTS) is 1. The summed E-state index contributed by atoms with van der Waals surface area (Å²) in [4.78, 5) is 42.2. The minimum Gasteiger partial charge on any atom is -0.477 e. The van der Waals surface area contributed by atoms with E-state index in [0.29, 0.717) is 26.4 Å². The number of thiophene rings is 1. The van der Waals surface area contributed by atoms with Gasteiger partial charge in [-0.2, -0.15) is 5.10 Å². The zero-order valence-electron chi connectivity index (χ0n) is 16.1. The SMILES string of the molecule is Cn1ncnc1SCC1=C(C(=O)O)N2C(=O)C(NC(=O)CS(=O)c3cccs3)[C@H]2SC1. The van der Waals surface area contributed by atoms with E-state index < -0.39 is 40.0 Å². The molecule has 0 aliphatic carbocycles. The highest BCUT2D eigenvalue weighted by molar-refractivity contribution is 8.01. The molecule has 2 aliphatic heterocycles. The second-order valence-corrected chi connectivity index (χ2v) is 11.3. The lowest BCUT2D eigenvalue weighted by molar-refractivity contribution is -0.150. The fourth-order valence-electron chi connectivity index (χ4n) is 3.16. The number of hydrogen-bond donors (Lipinski definition) is 2. The van der Waals surface area contributed by atoms with Crippen LogP contribution in [0.5, 0.6) is 0 Å². The Labute approximate surface area is 191 Å². The van der Waals surface area contributed by atoms with E-state index in [2.05, 4.69) is 15.4 Å². The summed E-state index contributed by atoms with van der Waals surface area (Å²) in [7, 11) is 0.260. The van der Waals surface area contributed by atoms with Gasteiger partial charge in [0.2, 0.25) is 5.91 Å². The van der Waals surface area contributed by atoms with Crippen molar-refractivity contribution in [3.63, 3.8) is 0 Å². The molecule has 3 atom stereocenters. The fourth-order valence-corrected chi connectivity index (χ4v) is 7.45. The molecule has 0 spiro atoms. The van der Waals surface area contributed by atoms with Gasteiger partial charge in [-0.3, -0.25) is 18.7 Å². The predicted molar refractivity (Wildman–Crippen MR) is 117 cm³/mol. The first kappa shape index (κ1) is 22.0. The maximum atomic E-state index is 12.7. The Hall–Kier alpha value is -2.16. The predicted octanol–water partition coefficient (Wildman–Crippen LogP) is 0.515. The van der Waals surface area contributed by atoms with Gasteiger partial charge in [-0.05, 0) is 17.0 Å². The number of aryl methyl sites for hydroxylation is 1. The molecule has 2 aliphatic rings. The third kappa shape index (κ3) is 4.42. The van der Waals surface area contributed by atoms with Crippen LogP contribution in [0, 0.1) is 0 Å². The van der Waals surface area contributed by atoms with E-state index in [9.17, 15) is 23.7 Å². The Morgan fingerprint density at radius 2 is 2.26 bits per heavy atom. The molecule has 0 radical (unpaired) electrons. The van der Waals surface area contributed by atoms with Crippen LogP contribution in [0.2, 0.25) is 0 Å². The summed E-state index contributed by atoms with van der Waals surface area (Å²) < 4.78 is 14.4. The van der Waals surface area contributed by atoms with E-state index in [1.807, 2.05) is 0 Å². The summed E-state index contributed by atoms with van der Waals surface area (Å²) in [6.07, 6.45) is 1.41. The number of nitrogens with zero attached hydrogens (tertiary/aromatic N) is 4. The van der Waals surface area contributed by atoms with Gasteiger partial charge in [0.05, 0.1) is 15.0 Å². The van der Waals surface area contributed by atoms with Gasteiger partial charge in [0.15, 0.2) is 5.16 Å². The standard InChI is InChI=1S/C17H17N5O5S4/c1-21-17(18-8-19-21)30-6-9-5-29-15-12(14(24)22(15)13(9)16(25)26)20-10(23)7-31(27)11-3-2-4-28-11/h2-4,8,12,15H,5-7H2,1H3,(H,20,23)(H,25,26)/t12?,15-,31?/m1/s1. The molecule has 1 saturated heterocycles. The molecule has 164 valence electrons. The number of carbonyl (C=O) groups is 3. The van der Waals surface area contributed by atoms with Gasteiger partial charge >= 0.3 is 5.97 Å². The molecular formula is C17H17N5O5S4. The van der Waals surface area contributed by atoms with E-state index >= 15 is 0 Å². The molecule has 1 fully saturated rings. The number of carbonyl (C=O) groups excluding carboxylic acids is 2. The van der Waals surface area contributed by atoms with Crippen LogP contribution in [-0.4, -0.2) is 75.4 Å². The number of nitrogens with one attached hydrogen (secondary N) is 1. The minimum absolute atomic E-state index is 0.0453. The Kier molecular flexibility index (Phi) is 6.50. The van der Waals surface area contributed by atoms with E-state index in [0.717, 1.165) is 0 Å². The first-order valence-electron chi connectivity index (χ1n) is 8.95. The van der Waals surface area contributed by atoms with E-state index in [1.165, 1.54) is 46.1 Å². The van der Waals surface area contributed by atoms with Crippen molar-refractivity contribution in [3.8, 4) is 0 Å². The molecule has 10 nitrogen and oxygen atoms in total. The number of fused-ring (bicyclic) bond motifs is 1. The maximum Gasteiger partial charge on any atom is 0.352 e. The smallest absolute Gasteiger partial charge is 0.352 e. The van der Waals surface area contributed by atoms with Crippen LogP contribution in [0.4, 0.5) is 0 Å². The largest absolute Gasteiger partial charge is 0.477 e. The lowest BCUT2D eigenvalue weighted by Crippen LogP contribution is -2.70. The van der Waals surface area contributed by atoms with Crippen LogP contribution in [0.1, 0.15) is 0 Å². The van der Waals surface area contributed by atoms with E-state index in [-0.39, 0.29) is 11.4 Å². The van der Waals surface area contributed by atoms with Gasteiger partial charge < -0.3 is 10.4 Å². The van der Waals surface area contributed by atoms with Gasteiger partial charge in [0, 0.05) is 18.6 Å². The highest BCUT2D eigenvalue weighted by atomic mass is 32.2. The zero-order valence-corrected chi connectivity index (χ0v) is 19.4. The van der Waals surface area contributed by atoms with E-state index in [4.69, 9.17) is 0 Å². The summed E-state index contributed by atoms with van der Waals surface area (Å²) in [5, 5.41) is 18.2. The lowest BCUT2D eigenvalue weighted by atomic mass is 10.0. The summed E-state index contributed by atoms with van der Waals surface area (Å²) in [6, 6.07) is 2.60. The molecule has 2 N–H and O–H groups in total. The molecule has 0 aromatic carbocycles. The number of β-lactam (4-membered cyclic amide) rings is 1. The Balaban J connectivity index is 1.42. The van der Waals surface area contributed by atoms with Crippen molar-refractivity contribution < 1.29 is 23.7 Å². The molecular weight excluding hydrogens is 482 g/mol. The number of rotatable bonds is 8. The second-order valence-electron chi connectivity index (χ2n) is 6.59. The van der Waals surface area contributed by atoms with Crippen molar-refractivity contribution in [2.45, 2.75) is 20.8 Å². The normalized spacial score (nSPS) is 21.5. The van der Waals surface area contributed by atoms with Crippen LogP contribution in [-0.2, 0) is 32.2 Å². The second kappa shape index (κ2) is 9.14. The lowest BCUT2D eigenvalue weighted by Gasteiger charge is -2.49. The first-order chi connectivity index (χ1) is 14.9. The number of thioether (sulfide) groups is 2. The topological polar surface area (TPSA) is 134 Å². The van der Waals surface area contributed by atoms with Gasteiger partial charge in [-0.15, -0.1) is 23.1 Å². The molecule has 0 saturated carbocycles. The highest BCUT2D eigenvalue weighted by Crippen LogP contribution is 2.41. The highest BCUT2D eigenvalue weighted by Gasteiger charge is 2.54. The monoisotopic (exact) mass is 499 g/mol. The molecule has 2 unspecified atom stereocenters. The number of amides is 2. The van der Waals surface area contributed by atoms with Crippen molar-refractivity contribution in [1.29, 1.82) is 0 Å². The van der Waals surface area contributed by atoms with Crippen LogP contribution < -0.4 is 5.32 Å². The van der Waals surface area contributed by atoms with Gasteiger partial charge in [0.25, 0.3) is 5.91 Å². The van der Waals surface area contributed by atoms with Crippen molar-refractivity contribution in [2.75, 3.05) is 17.3 Å². The molecule has 2 aromatic heterocycles. The van der Waals surface area contributed by atoms with Crippen molar-refractivity contribution in [3.05, 3.63) is 35.1 Å². The maximum absolute atomic E-state index is 12.7. The number of hydrogen-bond acceptors (Lipinski definition) is 9. The Morgan fingerprint density at radius 3 is 2.90 bits per heavy atom. The van der Waals surface area contributed by atoms with E-state index in [1.54, 1.807) is 29.2 Å². The van der Waals surface area contributed by atoms with Gasteiger partial charge in [-0.1, -0.05) is 17.8 Å². The van der Waals surface area contributed by atoms with Crippen molar-refractivity contribution in [1.82, 2.24) is 25.0 Å². The summed E-state index contributed by atoms with van der Waals surface area (Å²) in [6.45, 7) is 0. The third-order valence-corrected chi connectivity index (χ3v) is 9.67. The van der Waals surface area contributed by atoms with Gasteiger partial charge in [0.1, 0.15) is 29.2 Å². The summed E-state index contributed by atoms with van der Waals surface area (Å²) >= 11 is 4.03. The van der Waals surface area contributed by atoms with Crippen LogP contribution in [0.25, 0.3) is 0 Å². The first-order valence-corrected chi connectivity index (χ1v) is 13.2. The number of carboxylic acids is 1. The fraction of sp³-hybridized carbons (Fsp3) is 0.353. The van der Waals surface area contributed by atoms with Crippen molar-refractivity contribution >= 4 is 63.4 Å². The molecule has 4 heterocycles. The molecule has 2 amide bonds. The summed E-state index contributed by atoms with van der Waals surface area (Å²) in [5.41, 5.74) is 0.565. The molecule has 31 heavy (non-hydrogen) atoms. The number of aliphatic carboxylic acids is 1. The van der Waals surface area contributed by atoms with Gasteiger partial charge in [-0.25, -0.2) is 14.5 Å². The molecule has 14 heteroatoms.